The fraction of sp³-hybridized carbons (Fsp3) is 0.250. The maximum Gasteiger partial charge on any atom is 0.240 e. The van der Waals surface area contributed by atoms with Crippen molar-refractivity contribution in [3.8, 4) is 0 Å². The van der Waals surface area contributed by atoms with Crippen molar-refractivity contribution >= 4 is 21.4 Å². The molecule has 0 amide bonds. The van der Waals surface area contributed by atoms with Crippen LogP contribution < -0.4 is 10.0 Å². The van der Waals surface area contributed by atoms with Gasteiger partial charge >= 0.3 is 0 Å². The lowest BCUT2D eigenvalue weighted by molar-refractivity contribution is 0.580. The third-order valence-electron chi connectivity index (χ3n) is 2.54. The molecule has 0 radical (unpaired) electrons. The van der Waals surface area contributed by atoms with Crippen LogP contribution >= 0.6 is 11.3 Å². The molecule has 0 atom stereocenters. The number of benzene rings is 1. The molecule has 0 aliphatic heterocycles. The van der Waals surface area contributed by atoms with Crippen molar-refractivity contribution in [1.29, 1.82) is 0 Å². The van der Waals surface area contributed by atoms with Gasteiger partial charge in [0.15, 0.2) is 0 Å². The Bertz CT molecular complexity index is 607. The molecule has 0 bridgehead atoms. The number of sulfonamides is 1. The van der Waals surface area contributed by atoms with Gasteiger partial charge in [-0.2, -0.15) is 0 Å². The van der Waals surface area contributed by atoms with E-state index in [0.29, 0.717) is 6.54 Å². The van der Waals surface area contributed by atoms with Gasteiger partial charge in [0, 0.05) is 11.9 Å². The molecule has 2 aromatic rings. The van der Waals surface area contributed by atoms with Crippen molar-refractivity contribution in [3.63, 3.8) is 0 Å². The number of nitrogens with zero attached hydrogens (tertiary/aromatic N) is 1. The summed E-state index contributed by atoms with van der Waals surface area (Å²) in [4.78, 5) is 4.30. The van der Waals surface area contributed by atoms with Crippen LogP contribution in [-0.2, 0) is 23.1 Å². The summed E-state index contributed by atoms with van der Waals surface area (Å²) in [5.74, 6) is 0. The highest BCUT2D eigenvalue weighted by atomic mass is 32.2. The Morgan fingerprint density at radius 3 is 2.53 bits per heavy atom. The highest BCUT2D eigenvalue weighted by Crippen LogP contribution is 2.11. The Morgan fingerprint density at radius 2 is 1.95 bits per heavy atom. The summed E-state index contributed by atoms with van der Waals surface area (Å²) in [7, 11) is -1.63. The van der Waals surface area contributed by atoms with Gasteiger partial charge in [0.1, 0.15) is 0 Å². The summed E-state index contributed by atoms with van der Waals surface area (Å²) < 4.78 is 26.6. The number of rotatable bonds is 6. The second-order valence-corrected chi connectivity index (χ2v) is 6.46. The molecule has 0 saturated heterocycles. The second-order valence-electron chi connectivity index (χ2n) is 3.98. The maximum atomic E-state index is 12.0. The summed E-state index contributed by atoms with van der Waals surface area (Å²) in [6, 6.07) is 6.81. The van der Waals surface area contributed by atoms with E-state index in [1.54, 1.807) is 29.8 Å². The van der Waals surface area contributed by atoms with Gasteiger partial charge < -0.3 is 5.32 Å². The normalized spacial score (nSPS) is 11.6. The molecule has 19 heavy (non-hydrogen) atoms. The molecule has 1 heterocycles. The first-order valence-electron chi connectivity index (χ1n) is 5.72. The minimum Gasteiger partial charge on any atom is -0.316 e. The molecule has 0 aliphatic rings. The number of thiazole rings is 1. The van der Waals surface area contributed by atoms with Crippen molar-refractivity contribution in [1.82, 2.24) is 15.0 Å². The second kappa shape index (κ2) is 6.25. The first-order chi connectivity index (χ1) is 9.12. The Hall–Kier alpha value is -1.28. The number of hydrogen-bond donors (Lipinski definition) is 2. The predicted molar refractivity (Wildman–Crippen MR) is 75.3 cm³/mol. The smallest absolute Gasteiger partial charge is 0.240 e. The third kappa shape index (κ3) is 3.84. The van der Waals surface area contributed by atoms with Gasteiger partial charge in [-0.1, -0.05) is 12.1 Å². The molecule has 1 aromatic heterocycles. The zero-order valence-corrected chi connectivity index (χ0v) is 12.1. The van der Waals surface area contributed by atoms with Crippen LogP contribution in [-0.4, -0.2) is 20.4 Å². The summed E-state index contributed by atoms with van der Waals surface area (Å²) in [5, 5.41) is 4.83. The summed E-state index contributed by atoms with van der Waals surface area (Å²) in [6.07, 6.45) is 0. The van der Waals surface area contributed by atoms with Crippen LogP contribution in [0.5, 0.6) is 0 Å². The number of nitrogens with one attached hydrogen (secondary N) is 2. The molecule has 0 aliphatic carbocycles. The molecule has 0 spiro atoms. The topological polar surface area (TPSA) is 71.1 Å². The lowest BCUT2D eigenvalue weighted by Crippen LogP contribution is -2.23. The van der Waals surface area contributed by atoms with E-state index in [1.807, 2.05) is 12.4 Å². The third-order valence-corrected chi connectivity index (χ3v) is 4.59. The van der Waals surface area contributed by atoms with Gasteiger partial charge in [0.05, 0.1) is 22.6 Å². The quantitative estimate of drug-likeness (QED) is 0.844. The first kappa shape index (κ1) is 14.1. The molecule has 1 aromatic carbocycles. The van der Waals surface area contributed by atoms with Crippen LogP contribution in [0, 0.1) is 0 Å². The zero-order chi connectivity index (χ0) is 13.7. The Balaban J connectivity index is 2.06. The van der Waals surface area contributed by atoms with Crippen molar-refractivity contribution < 1.29 is 8.42 Å². The first-order valence-corrected chi connectivity index (χ1v) is 8.15. The van der Waals surface area contributed by atoms with E-state index in [2.05, 4.69) is 15.0 Å². The highest BCUT2D eigenvalue weighted by molar-refractivity contribution is 7.89. The van der Waals surface area contributed by atoms with Crippen molar-refractivity contribution in [2.45, 2.75) is 18.0 Å². The Labute approximate surface area is 116 Å². The van der Waals surface area contributed by atoms with E-state index < -0.39 is 10.0 Å². The van der Waals surface area contributed by atoms with E-state index in [1.165, 1.54) is 11.3 Å². The molecule has 7 heteroatoms. The maximum absolute atomic E-state index is 12.0. The fourth-order valence-corrected chi connectivity index (χ4v) is 3.13. The summed E-state index contributed by atoms with van der Waals surface area (Å²) in [6.45, 7) is 0.927. The highest BCUT2D eigenvalue weighted by Gasteiger charge is 2.13. The standard InChI is InChI=1S/C12H15N3O2S2/c1-13-6-10-2-4-12(5-3-10)19(16,17)15-7-11-8-18-9-14-11/h2-5,8-9,13,15H,6-7H2,1H3. The minimum atomic E-state index is -3.47. The average Bonchev–Trinajstić information content (AvgIpc) is 2.91. The summed E-state index contributed by atoms with van der Waals surface area (Å²) in [5.41, 5.74) is 3.44. The monoisotopic (exact) mass is 297 g/mol. The lowest BCUT2D eigenvalue weighted by Gasteiger charge is -2.06. The van der Waals surface area contributed by atoms with Gasteiger partial charge in [0.2, 0.25) is 10.0 Å². The molecule has 0 saturated carbocycles. The molecule has 102 valence electrons. The minimum absolute atomic E-state index is 0.212. The van der Waals surface area contributed by atoms with E-state index in [0.717, 1.165) is 11.3 Å². The van der Waals surface area contributed by atoms with Crippen LogP contribution in [0.25, 0.3) is 0 Å². The Kier molecular flexibility index (Phi) is 4.65. The number of hydrogen-bond acceptors (Lipinski definition) is 5. The molecular formula is C12H15N3O2S2. The molecular weight excluding hydrogens is 282 g/mol. The molecule has 5 nitrogen and oxygen atoms in total. The van der Waals surface area contributed by atoms with Gasteiger partial charge in [-0.15, -0.1) is 11.3 Å². The zero-order valence-electron chi connectivity index (χ0n) is 10.5. The molecule has 0 unspecified atom stereocenters. The lowest BCUT2D eigenvalue weighted by atomic mass is 10.2. The summed E-state index contributed by atoms with van der Waals surface area (Å²) >= 11 is 1.44. The van der Waals surface area contributed by atoms with Crippen LogP contribution in [0.3, 0.4) is 0 Å². The average molecular weight is 297 g/mol. The predicted octanol–water partition coefficient (Wildman–Crippen LogP) is 1.34. The van der Waals surface area contributed by atoms with Crippen LogP contribution in [0.4, 0.5) is 0 Å². The Morgan fingerprint density at radius 1 is 1.21 bits per heavy atom. The van der Waals surface area contributed by atoms with E-state index >= 15 is 0 Å². The molecule has 0 fully saturated rings. The van der Waals surface area contributed by atoms with Gasteiger partial charge in [0.25, 0.3) is 0 Å². The van der Waals surface area contributed by atoms with Crippen molar-refractivity contribution in [2.24, 2.45) is 0 Å². The fourth-order valence-electron chi connectivity index (χ4n) is 1.57. The van der Waals surface area contributed by atoms with E-state index in [4.69, 9.17) is 0 Å². The van der Waals surface area contributed by atoms with Gasteiger partial charge in [-0.3, -0.25) is 0 Å². The van der Waals surface area contributed by atoms with Gasteiger partial charge in [-0.25, -0.2) is 18.1 Å². The molecule has 2 rings (SSSR count). The van der Waals surface area contributed by atoms with Crippen molar-refractivity contribution in [2.75, 3.05) is 7.05 Å². The molecule has 2 N–H and O–H groups in total. The van der Waals surface area contributed by atoms with Crippen LogP contribution in [0.15, 0.2) is 40.1 Å². The van der Waals surface area contributed by atoms with Crippen LogP contribution in [0.2, 0.25) is 0 Å². The largest absolute Gasteiger partial charge is 0.316 e. The number of aromatic nitrogens is 1. The van der Waals surface area contributed by atoms with Crippen LogP contribution in [0.1, 0.15) is 11.3 Å². The van der Waals surface area contributed by atoms with Crippen molar-refractivity contribution in [3.05, 3.63) is 46.4 Å². The SMILES string of the molecule is CNCc1ccc(S(=O)(=O)NCc2cscn2)cc1. The van der Waals surface area contributed by atoms with E-state index in [9.17, 15) is 8.42 Å². The van der Waals surface area contributed by atoms with E-state index in [-0.39, 0.29) is 11.4 Å². The van der Waals surface area contributed by atoms with Gasteiger partial charge in [-0.05, 0) is 24.7 Å².